The maximum atomic E-state index is 12.6. The average molecular weight is 257 g/mol. The van der Waals surface area contributed by atoms with Crippen LogP contribution in [0.3, 0.4) is 0 Å². The minimum Gasteiger partial charge on any atom is -0.355 e. The van der Waals surface area contributed by atoms with E-state index in [9.17, 15) is 13.2 Å². The number of hydrogen-bond donors (Lipinski definition) is 0. The van der Waals surface area contributed by atoms with Gasteiger partial charge in [0.1, 0.15) is 0 Å². The van der Waals surface area contributed by atoms with Gasteiger partial charge < -0.3 is 4.74 Å². The minimum absolute atomic E-state index is 0.0303. The van der Waals surface area contributed by atoms with Crippen molar-refractivity contribution in [3.8, 4) is 0 Å². The van der Waals surface area contributed by atoms with Gasteiger partial charge in [-0.15, -0.1) is 0 Å². The van der Waals surface area contributed by atoms with Gasteiger partial charge in [-0.05, 0) is 12.1 Å². The van der Waals surface area contributed by atoms with Gasteiger partial charge in [-0.2, -0.15) is 13.2 Å². The summed E-state index contributed by atoms with van der Waals surface area (Å²) in [6.07, 6.45) is -4.45. The molecule has 0 radical (unpaired) electrons. The fraction of sp³-hybridized carbons (Fsp3) is 0.333. The van der Waals surface area contributed by atoms with Crippen LogP contribution in [0.1, 0.15) is 5.56 Å². The lowest BCUT2D eigenvalue weighted by atomic mass is 9.99. The van der Waals surface area contributed by atoms with Crippen LogP contribution in [0.4, 0.5) is 13.2 Å². The van der Waals surface area contributed by atoms with Crippen LogP contribution < -0.4 is 0 Å². The zero-order valence-corrected chi connectivity index (χ0v) is 8.75. The molecule has 1 aromatic carbocycles. The second-order valence-corrected chi connectivity index (χ2v) is 4.08. The second-order valence-electron chi connectivity index (χ2n) is 3.24. The molecule has 1 nitrogen and oxygen atoms in total. The molecule has 1 fully saturated rings. The van der Waals surface area contributed by atoms with Gasteiger partial charge in [0.15, 0.2) is 0 Å². The van der Waals surface area contributed by atoms with Crippen LogP contribution in [-0.4, -0.2) is 12.8 Å². The first-order valence-electron chi connectivity index (χ1n) is 4.03. The zero-order chi connectivity index (χ0) is 11.3. The smallest absolute Gasteiger partial charge is 0.355 e. The van der Waals surface area contributed by atoms with Crippen molar-refractivity contribution in [2.75, 3.05) is 6.61 Å². The van der Waals surface area contributed by atoms with Crippen LogP contribution in [0.15, 0.2) is 18.2 Å². The molecule has 0 N–H and O–H groups in total. The highest BCUT2D eigenvalue weighted by molar-refractivity contribution is 6.35. The van der Waals surface area contributed by atoms with Crippen molar-refractivity contribution in [2.45, 2.75) is 11.8 Å². The molecule has 1 saturated heterocycles. The summed E-state index contributed by atoms with van der Waals surface area (Å²) in [5.74, 6) is 0. The molecule has 1 aliphatic rings. The van der Waals surface area contributed by atoms with Gasteiger partial charge in [0.25, 0.3) is 0 Å². The van der Waals surface area contributed by atoms with Crippen molar-refractivity contribution in [3.63, 3.8) is 0 Å². The largest absolute Gasteiger partial charge is 0.424 e. The molecule has 1 aromatic rings. The van der Waals surface area contributed by atoms with E-state index >= 15 is 0 Å². The highest BCUT2D eigenvalue weighted by Crippen LogP contribution is 2.53. The number of rotatable bonds is 1. The fourth-order valence-electron chi connectivity index (χ4n) is 1.36. The van der Waals surface area contributed by atoms with Crippen LogP contribution in [0.5, 0.6) is 0 Å². The predicted molar refractivity (Wildman–Crippen MR) is 50.1 cm³/mol. The summed E-state index contributed by atoms with van der Waals surface area (Å²) in [6.45, 7) is -0.391. The van der Waals surface area contributed by atoms with Crippen molar-refractivity contribution in [2.24, 2.45) is 0 Å². The number of alkyl halides is 3. The summed E-state index contributed by atoms with van der Waals surface area (Å²) in [7, 11) is 0. The normalized spacial score (nSPS) is 25.4. The van der Waals surface area contributed by atoms with E-state index in [1.807, 2.05) is 0 Å². The summed E-state index contributed by atoms with van der Waals surface area (Å²) >= 11 is 11.3. The quantitative estimate of drug-likeness (QED) is 0.697. The lowest BCUT2D eigenvalue weighted by Gasteiger charge is -2.17. The Bertz CT molecular complexity index is 399. The Kier molecular flexibility index (Phi) is 2.41. The Labute approximate surface area is 93.7 Å². The highest BCUT2D eigenvalue weighted by atomic mass is 35.5. The molecule has 1 heterocycles. The molecule has 2 rings (SSSR count). The van der Waals surface area contributed by atoms with E-state index in [0.29, 0.717) is 5.02 Å². The summed E-state index contributed by atoms with van der Waals surface area (Å²) < 4.78 is 42.5. The first kappa shape index (κ1) is 11.0. The number of ether oxygens (including phenoxy) is 1. The molecule has 15 heavy (non-hydrogen) atoms. The lowest BCUT2D eigenvalue weighted by Crippen LogP contribution is -2.30. The van der Waals surface area contributed by atoms with E-state index in [2.05, 4.69) is 4.74 Å². The third-order valence-corrected chi connectivity index (χ3v) is 2.80. The van der Waals surface area contributed by atoms with E-state index in [0.717, 1.165) is 0 Å². The van der Waals surface area contributed by atoms with E-state index in [1.54, 1.807) is 0 Å². The molecular formula is C9H5Cl2F3O. The van der Waals surface area contributed by atoms with Gasteiger partial charge >= 0.3 is 6.18 Å². The van der Waals surface area contributed by atoms with E-state index in [-0.39, 0.29) is 10.6 Å². The number of epoxide rings is 1. The van der Waals surface area contributed by atoms with Crippen molar-refractivity contribution in [1.82, 2.24) is 0 Å². The van der Waals surface area contributed by atoms with E-state index < -0.39 is 18.4 Å². The maximum Gasteiger partial charge on any atom is 0.424 e. The average Bonchev–Trinajstić information content (AvgIpc) is 2.83. The van der Waals surface area contributed by atoms with Crippen LogP contribution in [0.25, 0.3) is 0 Å². The van der Waals surface area contributed by atoms with Gasteiger partial charge in [-0.3, -0.25) is 0 Å². The molecule has 6 heteroatoms. The Morgan fingerprint density at radius 2 is 1.87 bits per heavy atom. The van der Waals surface area contributed by atoms with Crippen molar-refractivity contribution in [3.05, 3.63) is 33.8 Å². The first-order chi connectivity index (χ1) is 6.87. The molecule has 0 aliphatic carbocycles. The molecule has 0 bridgehead atoms. The molecule has 1 aliphatic heterocycles. The molecule has 0 spiro atoms. The molecule has 0 saturated carbocycles. The first-order valence-corrected chi connectivity index (χ1v) is 4.79. The van der Waals surface area contributed by atoms with Crippen LogP contribution >= 0.6 is 23.2 Å². The van der Waals surface area contributed by atoms with E-state index in [4.69, 9.17) is 23.2 Å². The van der Waals surface area contributed by atoms with Crippen molar-refractivity contribution >= 4 is 23.2 Å². The SMILES string of the molecule is FC(F)(F)C1(c2ccc(Cl)cc2Cl)CO1. The monoisotopic (exact) mass is 256 g/mol. The fourth-order valence-corrected chi connectivity index (χ4v) is 1.92. The van der Waals surface area contributed by atoms with Gasteiger partial charge in [0.05, 0.1) is 6.61 Å². The molecule has 0 amide bonds. The van der Waals surface area contributed by atoms with Gasteiger partial charge in [-0.1, -0.05) is 29.3 Å². The standard InChI is InChI=1S/C9H5Cl2F3O/c10-5-1-2-6(7(11)3-5)8(4-15-8)9(12,13)14/h1-3H,4H2. The Balaban J connectivity index is 2.47. The van der Waals surface area contributed by atoms with Crippen LogP contribution in [0.2, 0.25) is 10.0 Å². The number of benzene rings is 1. The topological polar surface area (TPSA) is 12.5 Å². The Morgan fingerprint density at radius 3 is 2.27 bits per heavy atom. The van der Waals surface area contributed by atoms with Crippen molar-refractivity contribution < 1.29 is 17.9 Å². The molecule has 0 aromatic heterocycles. The molecule has 82 valence electrons. The third-order valence-electron chi connectivity index (χ3n) is 2.26. The van der Waals surface area contributed by atoms with Crippen LogP contribution in [-0.2, 0) is 10.3 Å². The summed E-state index contributed by atoms with van der Waals surface area (Å²) in [5, 5.41) is 0.263. The lowest BCUT2D eigenvalue weighted by molar-refractivity contribution is -0.187. The van der Waals surface area contributed by atoms with Crippen molar-refractivity contribution in [1.29, 1.82) is 0 Å². The summed E-state index contributed by atoms with van der Waals surface area (Å²) in [4.78, 5) is 0. The minimum atomic E-state index is -4.45. The number of halogens is 5. The van der Waals surface area contributed by atoms with E-state index in [1.165, 1.54) is 18.2 Å². The predicted octanol–water partition coefficient (Wildman–Crippen LogP) is 3.78. The molecule has 1 unspecified atom stereocenters. The maximum absolute atomic E-state index is 12.6. The van der Waals surface area contributed by atoms with Gasteiger partial charge in [0.2, 0.25) is 5.60 Å². The Morgan fingerprint density at radius 1 is 1.27 bits per heavy atom. The molecular weight excluding hydrogens is 252 g/mol. The summed E-state index contributed by atoms with van der Waals surface area (Å²) in [6, 6.07) is 3.87. The van der Waals surface area contributed by atoms with Gasteiger partial charge in [-0.25, -0.2) is 0 Å². The second kappa shape index (κ2) is 3.27. The zero-order valence-electron chi connectivity index (χ0n) is 7.24. The van der Waals surface area contributed by atoms with Gasteiger partial charge in [0, 0.05) is 15.6 Å². The third kappa shape index (κ3) is 1.71. The van der Waals surface area contributed by atoms with Crippen LogP contribution in [0, 0.1) is 0 Å². The number of hydrogen-bond acceptors (Lipinski definition) is 1. The Hall–Kier alpha value is -0.450. The summed E-state index contributed by atoms with van der Waals surface area (Å²) in [5.41, 5.74) is -2.31. The molecule has 1 atom stereocenters. The highest BCUT2D eigenvalue weighted by Gasteiger charge is 2.67.